The van der Waals surface area contributed by atoms with Gasteiger partial charge in [0.15, 0.2) is 0 Å². The number of fused-ring (bicyclic) bond motifs is 9. The zero-order valence-corrected chi connectivity index (χ0v) is 32.6. The molecule has 59 heavy (non-hydrogen) atoms. The van der Waals surface area contributed by atoms with E-state index in [-0.39, 0.29) is 0 Å². The highest BCUT2D eigenvalue weighted by Crippen LogP contribution is 2.56. The minimum absolute atomic E-state index is 0.455. The maximum Gasteiger partial charge on any atom is 0.0713 e. The molecule has 0 atom stereocenters. The summed E-state index contributed by atoms with van der Waals surface area (Å²) in [4.78, 5) is 2.43. The molecule has 2 nitrogen and oxygen atoms in total. The summed E-state index contributed by atoms with van der Waals surface area (Å²) in [5.41, 5.74) is 17.0. The Morgan fingerprint density at radius 1 is 0.441 bits per heavy atom. The number of nitrogens with zero attached hydrogens (tertiary/aromatic N) is 2. The van der Waals surface area contributed by atoms with E-state index in [1.807, 2.05) is 0 Å². The first-order valence-corrected chi connectivity index (χ1v) is 20.7. The van der Waals surface area contributed by atoms with Crippen LogP contribution in [0.2, 0.25) is 0 Å². The molecule has 0 saturated carbocycles. The highest BCUT2D eigenvalue weighted by atomic mass is 15.1. The van der Waals surface area contributed by atoms with E-state index in [0.29, 0.717) is 0 Å². The monoisotopic (exact) mass is 752 g/mol. The lowest BCUT2D eigenvalue weighted by Gasteiger charge is -2.34. The fourth-order valence-electron chi connectivity index (χ4n) is 10.4. The second-order valence-electron chi connectivity index (χ2n) is 16.0. The Morgan fingerprint density at radius 2 is 1.05 bits per heavy atom. The van der Waals surface area contributed by atoms with Crippen LogP contribution in [0.15, 0.2) is 212 Å². The van der Waals surface area contributed by atoms with Crippen LogP contribution in [0.1, 0.15) is 39.8 Å². The molecule has 1 aromatic heterocycles. The first kappa shape index (κ1) is 33.7. The molecule has 0 spiro atoms. The number of rotatable bonds is 6. The van der Waals surface area contributed by atoms with Crippen LogP contribution in [-0.4, -0.2) is 4.57 Å². The summed E-state index contributed by atoms with van der Waals surface area (Å²) in [7, 11) is 0. The molecule has 0 bridgehead atoms. The zero-order valence-electron chi connectivity index (χ0n) is 32.6. The molecule has 0 saturated heterocycles. The molecule has 2 aliphatic carbocycles. The van der Waals surface area contributed by atoms with E-state index < -0.39 is 5.41 Å². The molecule has 2 aliphatic rings. The van der Waals surface area contributed by atoms with Gasteiger partial charge in [0.1, 0.15) is 0 Å². The van der Waals surface area contributed by atoms with E-state index >= 15 is 0 Å². The standard InChI is InChI=1S/C57H40N2/c1-2-16-41(17-3-1)57(53-25-10-6-21-49(53)50-22-7-11-26-54(50)57)42-31-33-43(34-32-42)58(46-35-36-48-40(37-46)30-29-39-15-4-5-20-47(39)48)44-18-14-19-45(38-44)59-55-27-12-8-23-51(55)52-24-9-13-28-56(52)59/h1-3,5-14,16-38H,4,15H2. The number of benzene rings is 9. The van der Waals surface area contributed by atoms with Gasteiger partial charge < -0.3 is 9.47 Å². The largest absolute Gasteiger partial charge is 0.310 e. The second-order valence-corrected chi connectivity index (χ2v) is 16.0. The summed E-state index contributed by atoms with van der Waals surface area (Å²) >= 11 is 0. The molecular weight excluding hydrogens is 713 g/mol. The summed E-state index contributed by atoms with van der Waals surface area (Å²) in [5, 5.41) is 5.07. The summed E-state index contributed by atoms with van der Waals surface area (Å²) < 4.78 is 2.41. The van der Waals surface area contributed by atoms with Gasteiger partial charge in [-0.3, -0.25) is 0 Å². The topological polar surface area (TPSA) is 8.17 Å². The normalized spacial score (nSPS) is 13.7. The maximum absolute atomic E-state index is 2.43. The summed E-state index contributed by atoms with van der Waals surface area (Å²) in [6.07, 6.45) is 6.82. The summed E-state index contributed by atoms with van der Waals surface area (Å²) in [6.45, 7) is 0. The predicted molar refractivity (Wildman–Crippen MR) is 248 cm³/mol. The first-order valence-electron chi connectivity index (χ1n) is 20.7. The van der Waals surface area contributed by atoms with E-state index in [0.717, 1.165) is 35.6 Å². The van der Waals surface area contributed by atoms with Gasteiger partial charge in [0.05, 0.1) is 16.4 Å². The van der Waals surface area contributed by atoms with Crippen LogP contribution in [0, 0.1) is 0 Å². The molecule has 0 N–H and O–H groups in total. The fourth-order valence-corrected chi connectivity index (χ4v) is 10.4. The average molecular weight is 753 g/mol. The Balaban J connectivity index is 1.06. The van der Waals surface area contributed by atoms with Crippen molar-refractivity contribution >= 4 is 55.7 Å². The van der Waals surface area contributed by atoms with Crippen molar-refractivity contribution in [3.05, 3.63) is 246 Å². The number of allylic oxidation sites excluding steroid dienone is 1. The second kappa shape index (κ2) is 13.3. The third kappa shape index (κ3) is 5.06. The van der Waals surface area contributed by atoms with Crippen LogP contribution in [0.3, 0.4) is 0 Å². The molecule has 0 unspecified atom stereocenters. The van der Waals surface area contributed by atoms with Gasteiger partial charge in [-0.25, -0.2) is 0 Å². The average Bonchev–Trinajstić information content (AvgIpc) is 3.81. The first-order chi connectivity index (χ1) is 29.3. The van der Waals surface area contributed by atoms with Crippen LogP contribution in [0.25, 0.3) is 55.5 Å². The molecule has 0 amide bonds. The number of hydrogen-bond acceptors (Lipinski definition) is 1. The number of aromatic nitrogens is 1. The van der Waals surface area contributed by atoms with Gasteiger partial charge in [0, 0.05) is 33.5 Å². The summed E-state index contributed by atoms with van der Waals surface area (Å²) in [5.74, 6) is 0. The van der Waals surface area contributed by atoms with Crippen LogP contribution in [0.4, 0.5) is 17.1 Å². The Kier molecular flexibility index (Phi) is 7.61. The molecule has 9 aromatic carbocycles. The lowest BCUT2D eigenvalue weighted by atomic mass is 9.68. The molecule has 2 heteroatoms. The highest BCUT2D eigenvalue weighted by Gasteiger charge is 2.45. The molecule has 12 rings (SSSR count). The molecule has 0 fully saturated rings. The van der Waals surface area contributed by atoms with Gasteiger partial charge in [-0.1, -0.05) is 164 Å². The van der Waals surface area contributed by atoms with Crippen molar-refractivity contribution < 1.29 is 0 Å². The molecule has 0 radical (unpaired) electrons. The van der Waals surface area contributed by atoms with Gasteiger partial charge in [-0.15, -0.1) is 0 Å². The number of anilines is 3. The molecular formula is C57H40N2. The lowest BCUT2D eigenvalue weighted by molar-refractivity contribution is 0.768. The third-order valence-corrected chi connectivity index (χ3v) is 12.9. The maximum atomic E-state index is 2.43. The number of aryl methyl sites for hydroxylation is 1. The van der Waals surface area contributed by atoms with Crippen LogP contribution >= 0.6 is 0 Å². The number of para-hydroxylation sites is 2. The van der Waals surface area contributed by atoms with E-state index in [1.165, 1.54) is 77.1 Å². The van der Waals surface area contributed by atoms with Crippen LogP contribution < -0.4 is 4.90 Å². The van der Waals surface area contributed by atoms with Crippen molar-refractivity contribution in [3.63, 3.8) is 0 Å². The van der Waals surface area contributed by atoms with E-state index in [9.17, 15) is 0 Å². The quantitative estimate of drug-likeness (QED) is 0.164. The van der Waals surface area contributed by atoms with Crippen molar-refractivity contribution in [2.24, 2.45) is 0 Å². The number of hydrogen-bond donors (Lipinski definition) is 0. The molecule has 0 aliphatic heterocycles. The minimum Gasteiger partial charge on any atom is -0.310 e. The predicted octanol–water partition coefficient (Wildman–Crippen LogP) is 14.7. The van der Waals surface area contributed by atoms with Crippen molar-refractivity contribution in [1.29, 1.82) is 0 Å². The minimum atomic E-state index is -0.455. The lowest BCUT2D eigenvalue weighted by Crippen LogP contribution is -2.28. The van der Waals surface area contributed by atoms with E-state index in [4.69, 9.17) is 0 Å². The summed E-state index contributed by atoms with van der Waals surface area (Å²) in [6, 6.07) is 76.6. The Labute approximate surface area is 344 Å². The van der Waals surface area contributed by atoms with Crippen molar-refractivity contribution in [1.82, 2.24) is 4.57 Å². The fraction of sp³-hybridized carbons (Fsp3) is 0.0526. The molecule has 1 heterocycles. The molecule has 278 valence electrons. The van der Waals surface area contributed by atoms with E-state index in [1.54, 1.807) is 0 Å². The van der Waals surface area contributed by atoms with Crippen molar-refractivity contribution in [2.45, 2.75) is 18.3 Å². The highest BCUT2D eigenvalue weighted by molar-refractivity contribution is 6.09. The Hall–Kier alpha value is -7.42. The van der Waals surface area contributed by atoms with Crippen LogP contribution in [-0.2, 0) is 11.8 Å². The smallest absolute Gasteiger partial charge is 0.0713 e. The van der Waals surface area contributed by atoms with Gasteiger partial charge in [-0.05, 0) is 123 Å². The van der Waals surface area contributed by atoms with Gasteiger partial charge >= 0.3 is 0 Å². The molecule has 10 aromatic rings. The van der Waals surface area contributed by atoms with Gasteiger partial charge in [-0.2, -0.15) is 0 Å². The van der Waals surface area contributed by atoms with Gasteiger partial charge in [0.25, 0.3) is 0 Å². The van der Waals surface area contributed by atoms with Gasteiger partial charge in [0.2, 0.25) is 0 Å². The van der Waals surface area contributed by atoms with E-state index in [2.05, 4.69) is 228 Å². The Bertz CT molecular complexity index is 3180. The van der Waals surface area contributed by atoms with Crippen LogP contribution in [0.5, 0.6) is 0 Å². The SMILES string of the molecule is C1=Cc2c(ccc3cc(N(c4ccc(C5(c6ccccc6)c6ccccc6-c6ccccc65)cc4)c4cccc(-n5c6ccccc6c6ccccc65)c4)ccc23)CC1. The van der Waals surface area contributed by atoms with Crippen molar-refractivity contribution in [3.8, 4) is 16.8 Å². The zero-order chi connectivity index (χ0) is 38.9. The van der Waals surface area contributed by atoms with Crippen molar-refractivity contribution in [2.75, 3.05) is 4.90 Å². The Morgan fingerprint density at radius 3 is 1.78 bits per heavy atom. The third-order valence-electron chi connectivity index (χ3n) is 12.9.